The predicted molar refractivity (Wildman–Crippen MR) is 117 cm³/mol. The summed E-state index contributed by atoms with van der Waals surface area (Å²) < 4.78 is 19.9. The van der Waals surface area contributed by atoms with Gasteiger partial charge >= 0.3 is 0 Å². The third-order valence-corrected chi connectivity index (χ3v) is 5.03. The lowest BCUT2D eigenvalue weighted by atomic mass is 9.84. The molecule has 2 amide bonds. The molecule has 160 valence electrons. The molecular weight excluding hydrogens is 395 g/mol. The molecule has 0 heterocycles. The van der Waals surface area contributed by atoms with Gasteiger partial charge in [0.25, 0.3) is 11.8 Å². The molecule has 0 aliphatic heterocycles. The molecule has 31 heavy (non-hydrogen) atoms. The number of hydrogen-bond acceptors (Lipinski definition) is 3. The molecule has 0 spiro atoms. The van der Waals surface area contributed by atoms with E-state index in [4.69, 9.17) is 10.5 Å². The summed E-state index contributed by atoms with van der Waals surface area (Å²) in [5.74, 6) is -0.737. The number of nitrogens with two attached hydrogens (primary N) is 1. The van der Waals surface area contributed by atoms with Gasteiger partial charge in [0.1, 0.15) is 18.2 Å². The number of amides is 2. The normalized spacial score (nSPS) is 11.1. The molecule has 6 heteroatoms. The molecule has 0 radical (unpaired) electrons. The monoisotopic (exact) mass is 420 g/mol. The second-order valence-corrected chi connectivity index (χ2v) is 7.90. The molecule has 3 aromatic carbocycles. The largest absolute Gasteiger partial charge is 0.488 e. The van der Waals surface area contributed by atoms with Crippen molar-refractivity contribution >= 4 is 11.8 Å². The van der Waals surface area contributed by atoms with E-state index < -0.39 is 11.3 Å². The summed E-state index contributed by atoms with van der Waals surface area (Å²) in [7, 11) is 0. The van der Waals surface area contributed by atoms with Crippen LogP contribution in [0.5, 0.6) is 5.75 Å². The summed E-state index contributed by atoms with van der Waals surface area (Å²) in [5.41, 5.74) is 6.88. The van der Waals surface area contributed by atoms with Crippen LogP contribution in [-0.2, 0) is 12.0 Å². The third-order valence-electron chi connectivity index (χ3n) is 5.03. The maximum absolute atomic E-state index is 14.1. The van der Waals surface area contributed by atoms with Gasteiger partial charge in [-0.2, -0.15) is 0 Å². The van der Waals surface area contributed by atoms with Gasteiger partial charge < -0.3 is 15.8 Å². The molecule has 0 unspecified atom stereocenters. The number of halogens is 1. The van der Waals surface area contributed by atoms with Crippen LogP contribution >= 0.6 is 0 Å². The van der Waals surface area contributed by atoms with Crippen LogP contribution in [-0.4, -0.2) is 18.4 Å². The van der Waals surface area contributed by atoms with Crippen molar-refractivity contribution in [2.45, 2.75) is 25.9 Å². The fourth-order valence-electron chi connectivity index (χ4n) is 3.27. The Kier molecular flexibility index (Phi) is 6.70. The Morgan fingerprint density at radius 3 is 2.45 bits per heavy atom. The highest BCUT2D eigenvalue weighted by molar-refractivity contribution is 5.95. The van der Waals surface area contributed by atoms with Gasteiger partial charge in [-0.1, -0.05) is 56.3 Å². The van der Waals surface area contributed by atoms with Crippen molar-refractivity contribution in [1.29, 1.82) is 0 Å². The maximum atomic E-state index is 14.1. The smallest absolute Gasteiger partial charge is 0.252 e. The van der Waals surface area contributed by atoms with Crippen LogP contribution in [0.3, 0.4) is 0 Å². The molecule has 0 aliphatic carbocycles. The van der Waals surface area contributed by atoms with Crippen LogP contribution in [0.1, 0.15) is 45.7 Å². The van der Waals surface area contributed by atoms with E-state index in [1.54, 1.807) is 60.7 Å². The van der Waals surface area contributed by atoms with E-state index in [0.29, 0.717) is 22.4 Å². The fourth-order valence-corrected chi connectivity index (χ4v) is 3.27. The van der Waals surface area contributed by atoms with Crippen LogP contribution in [0.15, 0.2) is 72.8 Å². The van der Waals surface area contributed by atoms with E-state index in [1.807, 2.05) is 19.9 Å². The van der Waals surface area contributed by atoms with Crippen LogP contribution in [0.25, 0.3) is 0 Å². The average Bonchev–Trinajstić information content (AvgIpc) is 2.76. The molecule has 0 fully saturated rings. The molecular formula is C25H25FN2O3. The van der Waals surface area contributed by atoms with Crippen molar-refractivity contribution in [2.24, 2.45) is 5.73 Å². The van der Waals surface area contributed by atoms with Gasteiger partial charge in [0.05, 0.1) is 5.56 Å². The van der Waals surface area contributed by atoms with Crippen LogP contribution in [0.2, 0.25) is 0 Å². The minimum Gasteiger partial charge on any atom is -0.488 e. The Balaban J connectivity index is 1.65. The number of carbonyl (C=O) groups is 2. The maximum Gasteiger partial charge on any atom is 0.252 e. The summed E-state index contributed by atoms with van der Waals surface area (Å²) in [4.78, 5) is 24.2. The minimum atomic E-state index is -0.569. The highest BCUT2D eigenvalue weighted by Gasteiger charge is 2.24. The zero-order chi connectivity index (χ0) is 22.4. The SMILES string of the molecule is CC(C)(CNC(=O)c1cccc(COc2ccccc2C(N)=O)c1)c1ccccc1F. The number of carbonyl (C=O) groups excluding carboxylic acids is 2. The van der Waals surface area contributed by atoms with E-state index >= 15 is 0 Å². The molecule has 5 nitrogen and oxygen atoms in total. The Hall–Kier alpha value is -3.67. The number of para-hydroxylation sites is 1. The van der Waals surface area contributed by atoms with Gasteiger partial charge in [-0.25, -0.2) is 4.39 Å². The Labute approximate surface area is 181 Å². The third kappa shape index (κ3) is 5.48. The first-order chi connectivity index (χ1) is 14.8. The van der Waals surface area contributed by atoms with Crippen molar-refractivity contribution in [3.8, 4) is 5.75 Å². The summed E-state index contributed by atoms with van der Waals surface area (Å²) in [6, 6.07) is 20.3. The summed E-state index contributed by atoms with van der Waals surface area (Å²) >= 11 is 0. The van der Waals surface area contributed by atoms with Gasteiger partial charge in [-0.3, -0.25) is 9.59 Å². The topological polar surface area (TPSA) is 81.4 Å². The van der Waals surface area contributed by atoms with Crippen molar-refractivity contribution in [2.75, 3.05) is 6.54 Å². The Bertz CT molecular complexity index is 1100. The van der Waals surface area contributed by atoms with Crippen molar-refractivity contribution in [3.63, 3.8) is 0 Å². The lowest BCUT2D eigenvalue weighted by molar-refractivity contribution is 0.0944. The number of nitrogens with one attached hydrogen (secondary N) is 1. The number of rotatable bonds is 8. The number of ether oxygens (including phenoxy) is 1. The molecule has 0 aromatic heterocycles. The molecule has 0 bridgehead atoms. The molecule has 0 saturated heterocycles. The standard InChI is InChI=1S/C25H25FN2O3/c1-25(2,20-11-4-5-12-21(20)26)16-28-24(30)18-9-7-8-17(14-18)15-31-22-13-6-3-10-19(22)23(27)29/h3-14H,15-16H2,1-2H3,(H2,27,29)(H,28,30). The zero-order valence-electron chi connectivity index (χ0n) is 17.5. The summed E-state index contributed by atoms with van der Waals surface area (Å²) in [5, 5.41) is 2.88. The van der Waals surface area contributed by atoms with Gasteiger partial charge in [-0.15, -0.1) is 0 Å². The van der Waals surface area contributed by atoms with Crippen LogP contribution < -0.4 is 15.8 Å². The molecule has 3 rings (SSSR count). The lowest BCUT2D eigenvalue weighted by Gasteiger charge is -2.26. The van der Waals surface area contributed by atoms with Crippen molar-refractivity contribution < 1.29 is 18.7 Å². The minimum absolute atomic E-state index is 0.173. The summed E-state index contributed by atoms with van der Waals surface area (Å²) in [6.45, 7) is 4.21. The van der Waals surface area contributed by atoms with Crippen molar-refractivity contribution in [3.05, 3.63) is 101 Å². The van der Waals surface area contributed by atoms with E-state index in [1.165, 1.54) is 6.07 Å². The van der Waals surface area contributed by atoms with E-state index in [9.17, 15) is 14.0 Å². The van der Waals surface area contributed by atoms with Gasteiger partial charge in [0, 0.05) is 17.5 Å². The first kappa shape index (κ1) is 22.0. The highest BCUT2D eigenvalue weighted by Crippen LogP contribution is 2.25. The highest BCUT2D eigenvalue weighted by atomic mass is 19.1. The lowest BCUT2D eigenvalue weighted by Crippen LogP contribution is -2.37. The Morgan fingerprint density at radius 2 is 1.71 bits per heavy atom. The van der Waals surface area contributed by atoms with E-state index in [0.717, 1.165) is 5.56 Å². The molecule has 0 saturated carbocycles. The fraction of sp³-hybridized carbons (Fsp3) is 0.200. The zero-order valence-corrected chi connectivity index (χ0v) is 17.5. The Morgan fingerprint density at radius 1 is 1.00 bits per heavy atom. The average molecular weight is 420 g/mol. The van der Waals surface area contributed by atoms with E-state index in [-0.39, 0.29) is 24.9 Å². The van der Waals surface area contributed by atoms with Gasteiger partial charge in [0.15, 0.2) is 0 Å². The number of benzene rings is 3. The number of hydrogen-bond donors (Lipinski definition) is 2. The van der Waals surface area contributed by atoms with Gasteiger partial charge in [-0.05, 0) is 41.5 Å². The molecule has 0 aliphatic rings. The molecule has 0 atom stereocenters. The van der Waals surface area contributed by atoms with E-state index in [2.05, 4.69) is 5.32 Å². The predicted octanol–water partition coefficient (Wildman–Crippen LogP) is 4.21. The summed E-state index contributed by atoms with van der Waals surface area (Å²) in [6.07, 6.45) is 0. The molecule has 3 N–H and O–H groups in total. The second kappa shape index (κ2) is 9.43. The van der Waals surface area contributed by atoms with Crippen LogP contribution in [0.4, 0.5) is 4.39 Å². The number of primary amides is 1. The van der Waals surface area contributed by atoms with Gasteiger partial charge in [0.2, 0.25) is 0 Å². The van der Waals surface area contributed by atoms with Crippen molar-refractivity contribution in [1.82, 2.24) is 5.32 Å². The molecule has 3 aromatic rings. The van der Waals surface area contributed by atoms with Crippen LogP contribution in [0, 0.1) is 5.82 Å². The first-order valence-electron chi connectivity index (χ1n) is 9.92. The quantitative estimate of drug-likeness (QED) is 0.573. The second-order valence-electron chi connectivity index (χ2n) is 7.90. The first-order valence-corrected chi connectivity index (χ1v) is 9.92.